The standard InChI is InChI=1S/C14H12FNO2/c15-9-6-4-8(5-7-9)10-2-1-3-11-12(10)14(18)16-13(11)17/h2,4-7,11-12H,1,3H2,(H,16,17,18)/t11-,12+/m1/s1. The number of allylic oxidation sites excluding steroid dienone is 1. The summed E-state index contributed by atoms with van der Waals surface area (Å²) in [6, 6.07) is 6.04. The molecule has 2 atom stereocenters. The van der Waals surface area contributed by atoms with Gasteiger partial charge in [-0.15, -0.1) is 0 Å². The van der Waals surface area contributed by atoms with Crippen molar-refractivity contribution in [2.24, 2.45) is 11.8 Å². The average molecular weight is 245 g/mol. The number of hydrogen-bond acceptors (Lipinski definition) is 2. The summed E-state index contributed by atoms with van der Waals surface area (Å²) < 4.78 is 12.9. The molecule has 1 N–H and O–H groups in total. The first-order chi connectivity index (χ1) is 8.66. The molecular formula is C14H12FNO2. The third-order valence-corrected chi connectivity index (χ3v) is 3.62. The summed E-state index contributed by atoms with van der Waals surface area (Å²) in [5.74, 6) is -1.39. The smallest absolute Gasteiger partial charge is 0.234 e. The topological polar surface area (TPSA) is 46.2 Å². The van der Waals surface area contributed by atoms with E-state index in [-0.39, 0.29) is 23.5 Å². The number of amides is 2. The second-order valence-electron chi connectivity index (χ2n) is 4.68. The fourth-order valence-electron chi connectivity index (χ4n) is 2.77. The van der Waals surface area contributed by atoms with Gasteiger partial charge in [-0.1, -0.05) is 18.2 Å². The Morgan fingerprint density at radius 1 is 1.11 bits per heavy atom. The first-order valence-corrected chi connectivity index (χ1v) is 5.97. The van der Waals surface area contributed by atoms with Crippen LogP contribution in [-0.4, -0.2) is 11.8 Å². The molecule has 3 nitrogen and oxygen atoms in total. The molecule has 1 aliphatic carbocycles. The monoisotopic (exact) mass is 245 g/mol. The second-order valence-corrected chi connectivity index (χ2v) is 4.68. The van der Waals surface area contributed by atoms with E-state index < -0.39 is 5.92 Å². The maximum absolute atomic E-state index is 12.9. The summed E-state index contributed by atoms with van der Waals surface area (Å²) in [6.07, 6.45) is 3.45. The van der Waals surface area contributed by atoms with E-state index in [9.17, 15) is 14.0 Å². The van der Waals surface area contributed by atoms with Crippen LogP contribution in [0.1, 0.15) is 18.4 Å². The Hall–Kier alpha value is -1.97. The lowest BCUT2D eigenvalue weighted by atomic mass is 9.77. The van der Waals surface area contributed by atoms with Gasteiger partial charge in [0.25, 0.3) is 0 Å². The van der Waals surface area contributed by atoms with Crippen LogP contribution in [0.25, 0.3) is 5.57 Å². The molecule has 0 saturated carbocycles. The number of imide groups is 1. The molecule has 0 unspecified atom stereocenters. The van der Waals surface area contributed by atoms with Crippen molar-refractivity contribution in [3.63, 3.8) is 0 Å². The Labute approximate surface area is 104 Å². The van der Waals surface area contributed by atoms with Crippen LogP contribution in [0.3, 0.4) is 0 Å². The highest BCUT2D eigenvalue weighted by Gasteiger charge is 2.44. The molecule has 4 heteroatoms. The van der Waals surface area contributed by atoms with Gasteiger partial charge in [-0.2, -0.15) is 0 Å². The van der Waals surface area contributed by atoms with Crippen LogP contribution < -0.4 is 5.32 Å². The van der Waals surface area contributed by atoms with Gasteiger partial charge in [0, 0.05) is 0 Å². The van der Waals surface area contributed by atoms with Crippen molar-refractivity contribution in [3.8, 4) is 0 Å². The van der Waals surface area contributed by atoms with Crippen LogP contribution >= 0.6 is 0 Å². The van der Waals surface area contributed by atoms with Crippen LogP contribution in [0.15, 0.2) is 30.3 Å². The van der Waals surface area contributed by atoms with Gasteiger partial charge in [0.05, 0.1) is 11.8 Å². The second kappa shape index (κ2) is 4.05. The Morgan fingerprint density at radius 2 is 1.83 bits per heavy atom. The molecule has 0 spiro atoms. The third kappa shape index (κ3) is 1.65. The number of benzene rings is 1. The zero-order chi connectivity index (χ0) is 12.7. The van der Waals surface area contributed by atoms with E-state index >= 15 is 0 Å². The number of fused-ring (bicyclic) bond motifs is 1. The van der Waals surface area contributed by atoms with Gasteiger partial charge in [-0.25, -0.2) is 4.39 Å². The zero-order valence-electron chi connectivity index (χ0n) is 9.65. The van der Waals surface area contributed by atoms with E-state index in [1.165, 1.54) is 12.1 Å². The maximum atomic E-state index is 12.9. The van der Waals surface area contributed by atoms with Crippen molar-refractivity contribution < 1.29 is 14.0 Å². The molecule has 3 rings (SSSR count). The minimum Gasteiger partial charge on any atom is -0.296 e. The van der Waals surface area contributed by atoms with Crippen molar-refractivity contribution in [1.29, 1.82) is 0 Å². The molecule has 0 bridgehead atoms. The number of nitrogens with one attached hydrogen (secondary N) is 1. The summed E-state index contributed by atoms with van der Waals surface area (Å²) in [7, 11) is 0. The van der Waals surface area contributed by atoms with E-state index in [1.807, 2.05) is 6.08 Å². The largest absolute Gasteiger partial charge is 0.296 e. The van der Waals surface area contributed by atoms with Gasteiger partial charge < -0.3 is 0 Å². The quantitative estimate of drug-likeness (QED) is 0.768. The lowest BCUT2D eigenvalue weighted by Crippen LogP contribution is -2.22. The minimum absolute atomic E-state index is 0.183. The van der Waals surface area contributed by atoms with Gasteiger partial charge in [0.2, 0.25) is 11.8 Å². The van der Waals surface area contributed by atoms with Crippen LogP contribution in [-0.2, 0) is 9.59 Å². The summed E-state index contributed by atoms with van der Waals surface area (Å²) in [5.41, 5.74) is 1.66. The number of rotatable bonds is 1. The Morgan fingerprint density at radius 3 is 2.56 bits per heavy atom. The van der Waals surface area contributed by atoms with E-state index in [0.29, 0.717) is 6.42 Å². The average Bonchev–Trinajstić information content (AvgIpc) is 2.66. The van der Waals surface area contributed by atoms with Gasteiger partial charge in [0.1, 0.15) is 5.82 Å². The molecule has 0 radical (unpaired) electrons. The van der Waals surface area contributed by atoms with Crippen molar-refractivity contribution in [3.05, 3.63) is 41.7 Å². The van der Waals surface area contributed by atoms with Crippen LogP contribution in [0.5, 0.6) is 0 Å². The number of hydrogen-bond donors (Lipinski definition) is 1. The fourth-order valence-corrected chi connectivity index (χ4v) is 2.77. The first kappa shape index (κ1) is 11.1. The molecule has 1 aliphatic heterocycles. The molecule has 1 aromatic rings. The van der Waals surface area contributed by atoms with Gasteiger partial charge >= 0.3 is 0 Å². The number of carbonyl (C=O) groups excluding carboxylic acids is 2. The lowest BCUT2D eigenvalue weighted by Gasteiger charge is -2.23. The summed E-state index contributed by atoms with van der Waals surface area (Å²) in [4.78, 5) is 23.5. The SMILES string of the molecule is O=C1NC(=O)[C@@H]2CCC=C(c3ccc(F)cc3)[C@H]12. The Kier molecular flexibility index (Phi) is 2.51. The van der Waals surface area contributed by atoms with Gasteiger partial charge in [-0.3, -0.25) is 14.9 Å². The fraction of sp³-hybridized carbons (Fsp3) is 0.286. The Balaban J connectivity index is 2.01. The van der Waals surface area contributed by atoms with Gasteiger partial charge in [-0.05, 0) is 36.1 Å². The van der Waals surface area contributed by atoms with Crippen LogP contribution in [0.4, 0.5) is 4.39 Å². The highest BCUT2D eigenvalue weighted by Crippen LogP contribution is 2.39. The number of halogens is 1. The van der Waals surface area contributed by atoms with Crippen molar-refractivity contribution >= 4 is 17.4 Å². The molecule has 0 aromatic heterocycles. The zero-order valence-corrected chi connectivity index (χ0v) is 9.65. The van der Waals surface area contributed by atoms with E-state index in [1.54, 1.807) is 12.1 Å². The first-order valence-electron chi connectivity index (χ1n) is 5.97. The molecule has 1 saturated heterocycles. The maximum Gasteiger partial charge on any atom is 0.234 e. The van der Waals surface area contributed by atoms with Crippen molar-refractivity contribution in [1.82, 2.24) is 5.32 Å². The minimum atomic E-state index is -0.406. The molecule has 1 fully saturated rings. The predicted molar refractivity (Wildman–Crippen MR) is 63.7 cm³/mol. The van der Waals surface area contributed by atoms with Crippen LogP contribution in [0, 0.1) is 17.7 Å². The summed E-state index contributed by atoms with van der Waals surface area (Å²) >= 11 is 0. The summed E-state index contributed by atoms with van der Waals surface area (Å²) in [5, 5.41) is 2.38. The highest BCUT2D eigenvalue weighted by atomic mass is 19.1. The molecule has 18 heavy (non-hydrogen) atoms. The van der Waals surface area contributed by atoms with Gasteiger partial charge in [0.15, 0.2) is 0 Å². The molecule has 1 heterocycles. The normalized spacial score (nSPS) is 26.6. The molecule has 2 aliphatic rings. The Bertz CT molecular complexity index is 547. The van der Waals surface area contributed by atoms with Crippen LogP contribution in [0.2, 0.25) is 0 Å². The summed E-state index contributed by atoms with van der Waals surface area (Å²) in [6.45, 7) is 0. The predicted octanol–water partition coefficient (Wildman–Crippen LogP) is 1.89. The van der Waals surface area contributed by atoms with E-state index in [4.69, 9.17) is 0 Å². The molecule has 1 aromatic carbocycles. The lowest BCUT2D eigenvalue weighted by molar-refractivity contribution is -0.125. The van der Waals surface area contributed by atoms with E-state index in [0.717, 1.165) is 17.6 Å². The molecule has 92 valence electrons. The van der Waals surface area contributed by atoms with Crippen molar-refractivity contribution in [2.75, 3.05) is 0 Å². The third-order valence-electron chi connectivity index (χ3n) is 3.62. The number of carbonyl (C=O) groups is 2. The molecule has 2 amide bonds. The highest BCUT2D eigenvalue weighted by molar-refractivity contribution is 6.10. The van der Waals surface area contributed by atoms with E-state index in [2.05, 4.69) is 5.32 Å². The molecular weight excluding hydrogens is 233 g/mol. The van der Waals surface area contributed by atoms with Crippen molar-refractivity contribution in [2.45, 2.75) is 12.8 Å².